The minimum Gasteiger partial charge on any atom is -0.338 e. The number of nitriles is 1. The summed E-state index contributed by atoms with van der Waals surface area (Å²) in [6, 6.07) is 17.4. The van der Waals surface area contributed by atoms with Crippen LogP contribution in [0.1, 0.15) is 39.4 Å². The van der Waals surface area contributed by atoms with Crippen LogP contribution in [0.3, 0.4) is 0 Å². The van der Waals surface area contributed by atoms with Crippen LogP contribution in [-0.4, -0.2) is 23.9 Å². The molecule has 3 heteroatoms. The second-order valence-corrected chi connectivity index (χ2v) is 5.79. The van der Waals surface area contributed by atoms with E-state index in [1.54, 1.807) is 24.3 Å². The van der Waals surface area contributed by atoms with Gasteiger partial charge in [0.15, 0.2) is 0 Å². The van der Waals surface area contributed by atoms with Gasteiger partial charge in [0.25, 0.3) is 5.91 Å². The minimum absolute atomic E-state index is 0.0215. The zero-order chi connectivity index (χ0) is 15.5. The predicted octanol–water partition coefficient (Wildman–Crippen LogP) is 3.50. The number of benzene rings is 2. The number of likely N-dealkylation sites (tertiary alicyclic amines) is 1. The van der Waals surface area contributed by atoms with Gasteiger partial charge in [0.2, 0.25) is 0 Å². The molecule has 1 amide bonds. The summed E-state index contributed by atoms with van der Waals surface area (Å²) in [5.74, 6) is 0.428. The van der Waals surface area contributed by atoms with Crippen LogP contribution >= 0.6 is 0 Å². The van der Waals surface area contributed by atoms with Gasteiger partial charge in [-0.25, -0.2) is 0 Å². The number of rotatable bonds is 2. The van der Waals surface area contributed by atoms with E-state index in [1.165, 1.54) is 11.1 Å². The molecule has 2 aromatic rings. The lowest BCUT2D eigenvalue weighted by molar-refractivity contribution is 0.0790. The van der Waals surface area contributed by atoms with Crippen molar-refractivity contribution < 1.29 is 4.79 Å². The van der Waals surface area contributed by atoms with Crippen LogP contribution < -0.4 is 0 Å². The first-order chi connectivity index (χ1) is 10.7. The van der Waals surface area contributed by atoms with Crippen LogP contribution in [0.5, 0.6) is 0 Å². The van der Waals surface area contributed by atoms with Gasteiger partial charge in [-0.15, -0.1) is 0 Å². The molecule has 2 aromatic carbocycles. The first kappa shape index (κ1) is 14.3. The molecule has 0 unspecified atom stereocenters. The van der Waals surface area contributed by atoms with Crippen LogP contribution in [0, 0.1) is 18.3 Å². The summed E-state index contributed by atoms with van der Waals surface area (Å²) in [6.07, 6.45) is 0.995. The number of aryl methyl sites for hydroxylation is 1. The maximum Gasteiger partial charge on any atom is 0.253 e. The van der Waals surface area contributed by atoms with Crippen molar-refractivity contribution in [3.63, 3.8) is 0 Å². The van der Waals surface area contributed by atoms with Crippen molar-refractivity contribution in [1.82, 2.24) is 4.90 Å². The average Bonchev–Trinajstić information content (AvgIpc) is 3.04. The van der Waals surface area contributed by atoms with E-state index in [-0.39, 0.29) is 5.91 Å². The van der Waals surface area contributed by atoms with Crippen molar-refractivity contribution in [1.29, 1.82) is 5.26 Å². The van der Waals surface area contributed by atoms with Gasteiger partial charge in [-0.2, -0.15) is 5.26 Å². The van der Waals surface area contributed by atoms with Crippen LogP contribution in [0.2, 0.25) is 0 Å². The van der Waals surface area contributed by atoms with E-state index < -0.39 is 0 Å². The van der Waals surface area contributed by atoms with Gasteiger partial charge in [-0.1, -0.05) is 30.3 Å². The van der Waals surface area contributed by atoms with Gasteiger partial charge in [0.1, 0.15) is 0 Å². The molecule has 3 nitrogen and oxygen atoms in total. The SMILES string of the molecule is Cc1ccccc1[C@@H]1CCN(C(=O)c2cccc(C#N)c2)C1. The summed E-state index contributed by atoms with van der Waals surface area (Å²) in [5.41, 5.74) is 3.75. The molecule has 0 N–H and O–H groups in total. The maximum absolute atomic E-state index is 12.6. The van der Waals surface area contributed by atoms with Crippen LogP contribution in [0.25, 0.3) is 0 Å². The number of nitrogens with zero attached hydrogens (tertiary/aromatic N) is 2. The van der Waals surface area contributed by atoms with E-state index in [0.717, 1.165) is 19.5 Å². The molecule has 3 rings (SSSR count). The Morgan fingerprint density at radius 3 is 2.82 bits per heavy atom. The molecule has 0 bridgehead atoms. The molecule has 1 aliphatic rings. The van der Waals surface area contributed by atoms with Crippen molar-refractivity contribution in [2.45, 2.75) is 19.3 Å². The van der Waals surface area contributed by atoms with Gasteiger partial charge in [-0.3, -0.25) is 4.79 Å². The highest BCUT2D eigenvalue weighted by molar-refractivity contribution is 5.94. The molecule has 22 heavy (non-hydrogen) atoms. The molecule has 1 aliphatic heterocycles. The first-order valence-electron chi connectivity index (χ1n) is 7.54. The third-order valence-corrected chi connectivity index (χ3v) is 4.34. The van der Waals surface area contributed by atoms with Crippen molar-refractivity contribution in [2.75, 3.05) is 13.1 Å². The van der Waals surface area contributed by atoms with Gasteiger partial charge in [-0.05, 0) is 42.7 Å². The monoisotopic (exact) mass is 290 g/mol. The summed E-state index contributed by atoms with van der Waals surface area (Å²) >= 11 is 0. The second-order valence-electron chi connectivity index (χ2n) is 5.79. The molecule has 1 atom stereocenters. The maximum atomic E-state index is 12.6. The Balaban J connectivity index is 1.76. The highest BCUT2D eigenvalue weighted by Crippen LogP contribution is 2.30. The van der Waals surface area contributed by atoms with Gasteiger partial charge < -0.3 is 4.90 Å². The smallest absolute Gasteiger partial charge is 0.253 e. The molecule has 0 saturated carbocycles. The summed E-state index contributed by atoms with van der Waals surface area (Å²) in [4.78, 5) is 14.5. The molecule has 0 aromatic heterocycles. The fraction of sp³-hybridized carbons (Fsp3) is 0.263. The molecular weight excluding hydrogens is 272 g/mol. The van der Waals surface area contributed by atoms with Crippen molar-refractivity contribution in [3.05, 3.63) is 70.8 Å². The Bertz CT molecular complexity index is 745. The Hall–Kier alpha value is -2.60. The molecule has 110 valence electrons. The lowest BCUT2D eigenvalue weighted by Gasteiger charge is -2.17. The number of hydrogen-bond donors (Lipinski definition) is 0. The fourth-order valence-electron chi connectivity index (χ4n) is 3.15. The summed E-state index contributed by atoms with van der Waals surface area (Å²) < 4.78 is 0. The van der Waals surface area contributed by atoms with E-state index in [9.17, 15) is 4.79 Å². The molecule has 1 fully saturated rings. The third-order valence-electron chi connectivity index (χ3n) is 4.34. The lowest BCUT2D eigenvalue weighted by Crippen LogP contribution is -2.28. The third kappa shape index (κ3) is 2.73. The van der Waals surface area contributed by atoms with Crippen molar-refractivity contribution >= 4 is 5.91 Å². The zero-order valence-corrected chi connectivity index (χ0v) is 12.6. The fourth-order valence-corrected chi connectivity index (χ4v) is 3.15. The number of hydrogen-bond acceptors (Lipinski definition) is 2. The Kier molecular flexibility index (Phi) is 3.93. The predicted molar refractivity (Wildman–Crippen MR) is 85.6 cm³/mol. The first-order valence-corrected chi connectivity index (χ1v) is 7.54. The zero-order valence-electron chi connectivity index (χ0n) is 12.6. The number of amides is 1. The Morgan fingerprint density at radius 1 is 1.23 bits per heavy atom. The average molecular weight is 290 g/mol. The molecule has 0 spiro atoms. The molecule has 0 aliphatic carbocycles. The molecule has 1 heterocycles. The van der Waals surface area contributed by atoms with Gasteiger partial charge in [0, 0.05) is 24.6 Å². The van der Waals surface area contributed by atoms with E-state index in [4.69, 9.17) is 5.26 Å². The highest BCUT2D eigenvalue weighted by atomic mass is 16.2. The van der Waals surface area contributed by atoms with Crippen LogP contribution in [0.4, 0.5) is 0 Å². The van der Waals surface area contributed by atoms with Crippen LogP contribution in [0.15, 0.2) is 48.5 Å². The quantitative estimate of drug-likeness (QED) is 0.849. The Morgan fingerprint density at radius 2 is 2.05 bits per heavy atom. The number of carbonyl (C=O) groups is 1. The van der Waals surface area contributed by atoms with E-state index in [0.29, 0.717) is 17.0 Å². The largest absolute Gasteiger partial charge is 0.338 e. The molecule has 1 saturated heterocycles. The summed E-state index contributed by atoms with van der Waals surface area (Å²) in [6.45, 7) is 3.64. The van der Waals surface area contributed by atoms with E-state index in [1.807, 2.05) is 11.0 Å². The summed E-state index contributed by atoms with van der Waals surface area (Å²) in [5, 5.41) is 8.96. The van der Waals surface area contributed by atoms with Crippen molar-refractivity contribution in [3.8, 4) is 6.07 Å². The molecule has 0 radical (unpaired) electrons. The normalized spacial score (nSPS) is 17.3. The van der Waals surface area contributed by atoms with Gasteiger partial charge in [0.05, 0.1) is 11.6 Å². The standard InChI is InChI=1S/C19H18N2O/c1-14-5-2-3-8-18(14)17-9-10-21(13-17)19(22)16-7-4-6-15(11-16)12-20/h2-8,11,17H,9-10,13H2,1H3/t17-/m1/s1. The lowest BCUT2D eigenvalue weighted by atomic mass is 9.94. The van der Waals surface area contributed by atoms with Gasteiger partial charge >= 0.3 is 0 Å². The highest BCUT2D eigenvalue weighted by Gasteiger charge is 2.28. The topological polar surface area (TPSA) is 44.1 Å². The summed E-state index contributed by atoms with van der Waals surface area (Å²) in [7, 11) is 0. The van der Waals surface area contributed by atoms with Crippen molar-refractivity contribution in [2.24, 2.45) is 0 Å². The van der Waals surface area contributed by atoms with E-state index >= 15 is 0 Å². The Labute approximate surface area is 130 Å². The second kappa shape index (κ2) is 6.03. The number of carbonyl (C=O) groups excluding carboxylic acids is 1. The minimum atomic E-state index is 0.0215. The molecular formula is C19H18N2O. The van der Waals surface area contributed by atoms with E-state index in [2.05, 4.69) is 31.2 Å². The van der Waals surface area contributed by atoms with Crippen LogP contribution in [-0.2, 0) is 0 Å².